The summed E-state index contributed by atoms with van der Waals surface area (Å²) in [6, 6.07) is 13.9. The molecule has 0 radical (unpaired) electrons. The Morgan fingerprint density at radius 3 is 2.70 bits per heavy atom. The van der Waals surface area contributed by atoms with E-state index in [0.29, 0.717) is 5.56 Å². The quantitative estimate of drug-likeness (QED) is 0.429. The molecule has 30 heavy (non-hydrogen) atoms. The lowest BCUT2D eigenvalue weighted by molar-refractivity contribution is 0.0696. The monoisotopic (exact) mass is 439 g/mol. The number of nitrogens with one attached hydrogen (secondary N) is 1. The van der Waals surface area contributed by atoms with E-state index in [0.717, 1.165) is 46.1 Å². The van der Waals surface area contributed by atoms with Gasteiger partial charge in [0.2, 0.25) is 0 Å². The third-order valence-electron chi connectivity index (χ3n) is 5.38. The highest BCUT2D eigenvalue weighted by Crippen LogP contribution is 2.37. The summed E-state index contributed by atoms with van der Waals surface area (Å²) < 4.78 is 7.77. The molecule has 5 nitrogen and oxygen atoms in total. The lowest BCUT2D eigenvalue weighted by Crippen LogP contribution is -2.29. The lowest BCUT2D eigenvalue weighted by Gasteiger charge is -2.31. The molecule has 0 bridgehead atoms. The molecule has 0 aliphatic carbocycles. The number of carboxylic acid groups (broad SMARTS) is 1. The van der Waals surface area contributed by atoms with Crippen LogP contribution in [0.25, 0.3) is 10.4 Å². The van der Waals surface area contributed by atoms with Gasteiger partial charge in [0, 0.05) is 24.2 Å². The summed E-state index contributed by atoms with van der Waals surface area (Å²) in [6.07, 6.45) is 6.39. The van der Waals surface area contributed by atoms with Crippen molar-refractivity contribution in [2.75, 3.05) is 22.7 Å². The third-order valence-corrected chi connectivity index (χ3v) is 7.10. The molecule has 1 fully saturated rings. The Hall–Kier alpha value is -2.51. The Kier molecular flexibility index (Phi) is 6.59. The van der Waals surface area contributed by atoms with Crippen LogP contribution in [0.5, 0.6) is 0 Å². The molecule has 1 aliphatic heterocycles. The molecule has 0 unspecified atom stereocenters. The number of benzene rings is 2. The number of aryl methyl sites for hydroxylation is 1. The molecule has 2 N–H and O–H groups in total. The summed E-state index contributed by atoms with van der Waals surface area (Å²) in [6.45, 7) is 4.21. The zero-order valence-electron chi connectivity index (χ0n) is 16.9. The van der Waals surface area contributed by atoms with Gasteiger partial charge in [-0.1, -0.05) is 19.1 Å². The van der Waals surface area contributed by atoms with Gasteiger partial charge < -0.3 is 14.7 Å². The fourth-order valence-electron chi connectivity index (χ4n) is 3.73. The van der Waals surface area contributed by atoms with Crippen molar-refractivity contribution in [3.05, 3.63) is 59.8 Å². The van der Waals surface area contributed by atoms with Gasteiger partial charge in [0.25, 0.3) is 0 Å². The highest BCUT2D eigenvalue weighted by atomic mass is 32.2. The van der Waals surface area contributed by atoms with Crippen LogP contribution in [0.2, 0.25) is 0 Å². The van der Waals surface area contributed by atoms with Gasteiger partial charge in [0.05, 0.1) is 21.8 Å². The number of rotatable bonds is 7. The Bertz CT molecular complexity index is 1020. The van der Waals surface area contributed by atoms with Gasteiger partial charge in [-0.15, -0.1) is 0 Å². The number of anilines is 2. The Labute approximate surface area is 185 Å². The van der Waals surface area contributed by atoms with Gasteiger partial charge in [-0.25, -0.2) is 9.17 Å². The third kappa shape index (κ3) is 4.63. The maximum atomic E-state index is 11.4. The maximum Gasteiger partial charge on any atom is 0.335 e. The first-order valence-corrected chi connectivity index (χ1v) is 11.8. The SMILES string of the molecule is CCc1ccc(C(=O)O)cc1SNc1cc(-c2ccns2)ccc1N1CCCCC1. The van der Waals surface area contributed by atoms with Gasteiger partial charge in [-0.05, 0) is 90.6 Å². The largest absolute Gasteiger partial charge is 0.478 e. The second kappa shape index (κ2) is 9.53. The minimum atomic E-state index is -0.902. The number of aromatic nitrogens is 1. The lowest BCUT2D eigenvalue weighted by atomic mass is 10.1. The molecule has 4 rings (SSSR count). The summed E-state index contributed by atoms with van der Waals surface area (Å²) >= 11 is 2.98. The molecule has 156 valence electrons. The van der Waals surface area contributed by atoms with E-state index in [1.165, 1.54) is 48.4 Å². The van der Waals surface area contributed by atoms with Crippen molar-refractivity contribution < 1.29 is 9.90 Å². The predicted molar refractivity (Wildman–Crippen MR) is 126 cm³/mol. The number of hydrogen-bond acceptors (Lipinski definition) is 6. The van der Waals surface area contributed by atoms with E-state index < -0.39 is 5.97 Å². The fraction of sp³-hybridized carbons (Fsp3) is 0.304. The van der Waals surface area contributed by atoms with Crippen LogP contribution >= 0.6 is 23.5 Å². The van der Waals surface area contributed by atoms with Crippen LogP contribution in [0.4, 0.5) is 11.4 Å². The Morgan fingerprint density at radius 1 is 1.17 bits per heavy atom. The summed E-state index contributed by atoms with van der Waals surface area (Å²) in [4.78, 5) is 15.9. The van der Waals surface area contributed by atoms with Crippen molar-refractivity contribution in [1.29, 1.82) is 0 Å². The van der Waals surface area contributed by atoms with Crippen molar-refractivity contribution in [3.63, 3.8) is 0 Å². The van der Waals surface area contributed by atoms with Gasteiger partial charge in [0.15, 0.2) is 0 Å². The number of nitrogens with zero attached hydrogens (tertiary/aromatic N) is 2. The van der Waals surface area contributed by atoms with Gasteiger partial charge >= 0.3 is 5.97 Å². The molecular formula is C23H25N3O2S2. The first kappa shape index (κ1) is 20.8. The van der Waals surface area contributed by atoms with Crippen molar-refractivity contribution in [3.8, 4) is 10.4 Å². The van der Waals surface area contributed by atoms with Crippen molar-refractivity contribution in [2.45, 2.75) is 37.5 Å². The average molecular weight is 440 g/mol. The van der Waals surface area contributed by atoms with Crippen molar-refractivity contribution in [1.82, 2.24) is 4.37 Å². The van der Waals surface area contributed by atoms with Crippen LogP contribution in [0.3, 0.4) is 0 Å². The zero-order valence-corrected chi connectivity index (χ0v) is 18.6. The van der Waals surface area contributed by atoms with E-state index in [1.54, 1.807) is 12.1 Å². The van der Waals surface area contributed by atoms with E-state index >= 15 is 0 Å². The van der Waals surface area contributed by atoms with Crippen molar-refractivity contribution >= 4 is 40.8 Å². The normalized spacial score (nSPS) is 14.0. The van der Waals surface area contributed by atoms with Gasteiger partial charge in [-0.3, -0.25) is 0 Å². The molecule has 3 aromatic rings. The highest BCUT2D eigenvalue weighted by molar-refractivity contribution is 8.00. The second-order valence-electron chi connectivity index (χ2n) is 7.34. The molecule has 1 aromatic heterocycles. The van der Waals surface area contributed by atoms with Gasteiger partial charge in [-0.2, -0.15) is 0 Å². The van der Waals surface area contributed by atoms with E-state index in [2.05, 4.69) is 39.1 Å². The molecule has 1 saturated heterocycles. The minimum Gasteiger partial charge on any atom is -0.478 e. The Morgan fingerprint density at radius 2 is 2.00 bits per heavy atom. The first-order chi connectivity index (χ1) is 14.7. The summed E-state index contributed by atoms with van der Waals surface area (Å²) in [7, 11) is 0. The molecule has 0 saturated carbocycles. The molecule has 2 heterocycles. The second-order valence-corrected chi connectivity index (χ2v) is 9.02. The van der Waals surface area contributed by atoms with E-state index in [4.69, 9.17) is 0 Å². The number of carboxylic acids is 1. The molecular weight excluding hydrogens is 414 g/mol. The number of piperidine rings is 1. The minimum absolute atomic E-state index is 0.311. The summed E-state index contributed by atoms with van der Waals surface area (Å²) in [5.41, 5.74) is 4.83. The van der Waals surface area contributed by atoms with E-state index in [-0.39, 0.29) is 0 Å². The van der Waals surface area contributed by atoms with Crippen molar-refractivity contribution in [2.24, 2.45) is 0 Å². The molecule has 0 spiro atoms. The molecule has 1 aliphatic rings. The molecule has 7 heteroatoms. The fourth-order valence-corrected chi connectivity index (χ4v) is 5.23. The number of hydrogen-bond donors (Lipinski definition) is 2. The summed E-state index contributed by atoms with van der Waals surface area (Å²) in [5, 5.41) is 9.37. The van der Waals surface area contributed by atoms with Crippen LogP contribution in [-0.4, -0.2) is 28.5 Å². The zero-order chi connectivity index (χ0) is 20.9. The van der Waals surface area contributed by atoms with E-state index in [9.17, 15) is 9.90 Å². The standard InChI is InChI=1S/C23H25N3O2S2/c1-2-16-6-7-18(23(27)28)15-22(16)30-25-19-14-17(21-10-11-24-29-21)8-9-20(19)26-12-4-3-5-13-26/h6-11,14-15,25H,2-5,12-13H2,1H3,(H,27,28). The average Bonchev–Trinajstić information content (AvgIpc) is 3.33. The molecule has 2 aromatic carbocycles. The topological polar surface area (TPSA) is 65.5 Å². The van der Waals surface area contributed by atoms with E-state index in [1.807, 2.05) is 18.3 Å². The predicted octanol–water partition coefficient (Wildman–Crippen LogP) is 6.18. The first-order valence-electron chi connectivity index (χ1n) is 10.2. The van der Waals surface area contributed by atoms with Crippen LogP contribution in [0.15, 0.2) is 53.6 Å². The van der Waals surface area contributed by atoms with Gasteiger partial charge in [0.1, 0.15) is 0 Å². The van der Waals surface area contributed by atoms with Crippen LogP contribution < -0.4 is 9.62 Å². The highest BCUT2D eigenvalue weighted by Gasteiger charge is 2.17. The Balaban J connectivity index is 1.65. The van der Waals surface area contributed by atoms with Crippen LogP contribution in [0, 0.1) is 0 Å². The maximum absolute atomic E-state index is 11.4. The summed E-state index contributed by atoms with van der Waals surface area (Å²) in [5.74, 6) is -0.902. The molecule has 0 atom stereocenters. The number of carbonyl (C=O) groups is 1. The smallest absolute Gasteiger partial charge is 0.335 e. The van der Waals surface area contributed by atoms with Crippen LogP contribution in [-0.2, 0) is 6.42 Å². The molecule has 0 amide bonds. The number of aromatic carboxylic acids is 1. The van der Waals surface area contributed by atoms with Crippen LogP contribution in [0.1, 0.15) is 42.1 Å².